The molecule has 0 saturated carbocycles. The van der Waals surface area contributed by atoms with E-state index in [1.807, 2.05) is 0 Å². The number of rotatable bonds is 9. The molecule has 0 bridgehead atoms. The molecule has 2 heterocycles. The number of furan rings is 1. The van der Waals surface area contributed by atoms with Gasteiger partial charge in [-0.3, -0.25) is 14.5 Å². The van der Waals surface area contributed by atoms with Gasteiger partial charge in [0.2, 0.25) is 0 Å². The average molecular weight is 649 g/mol. The van der Waals surface area contributed by atoms with E-state index >= 15 is 0 Å². The Morgan fingerprint density at radius 1 is 1.10 bits per heavy atom. The summed E-state index contributed by atoms with van der Waals surface area (Å²) in [5, 5.41) is 21.4. The molecule has 12 heteroatoms. The number of amides is 2. The van der Waals surface area contributed by atoms with Crippen molar-refractivity contribution in [1.29, 1.82) is 0 Å². The zero-order valence-electron chi connectivity index (χ0n) is 21.7. The largest absolute Gasteiger partial charge is 0.507 e. The van der Waals surface area contributed by atoms with Gasteiger partial charge in [0.1, 0.15) is 23.1 Å². The molecule has 5 rings (SSSR count). The second-order valence-electron chi connectivity index (χ2n) is 8.79. The van der Waals surface area contributed by atoms with Crippen molar-refractivity contribution in [3.05, 3.63) is 117 Å². The van der Waals surface area contributed by atoms with Crippen molar-refractivity contribution in [2.75, 3.05) is 11.9 Å². The number of nitrogens with zero attached hydrogens (tertiary/aromatic N) is 3. The lowest BCUT2D eigenvalue weighted by atomic mass is 10.2. The molecule has 1 aliphatic heterocycles. The number of amidine groups is 1. The number of anilines is 1. The van der Waals surface area contributed by atoms with Crippen LogP contribution in [0.5, 0.6) is 11.5 Å². The van der Waals surface area contributed by atoms with Crippen molar-refractivity contribution < 1.29 is 28.2 Å². The Labute approximate surface area is 252 Å². The number of benzene rings is 3. The molecule has 1 aliphatic rings. The molecule has 212 valence electrons. The Morgan fingerprint density at radius 3 is 2.69 bits per heavy atom. The molecular formula is C30H22BrFN4O5S. The summed E-state index contributed by atoms with van der Waals surface area (Å²) >= 11 is 4.47. The van der Waals surface area contributed by atoms with Gasteiger partial charge in [0.25, 0.3) is 11.8 Å². The Hall–Kier alpha value is -4.68. The Kier molecular flexibility index (Phi) is 9.15. The number of thioether (sulfide) groups is 1. The summed E-state index contributed by atoms with van der Waals surface area (Å²) in [4.78, 5) is 27.7. The number of phenols is 1. The molecular weight excluding hydrogens is 627 g/mol. The highest BCUT2D eigenvalue weighted by atomic mass is 79.9. The Bertz CT molecular complexity index is 1690. The number of aromatic hydroxyl groups is 1. The SMILES string of the molecule is O=C(COc1ccccc1/C=C1\S/C(=N/N=C\c2cc(Br)ccc2O)N(Cc2ccco2)C1=O)Nc1ccc(F)cc1. The highest BCUT2D eigenvalue weighted by Crippen LogP contribution is 2.35. The van der Waals surface area contributed by atoms with Crippen LogP contribution in [0, 0.1) is 5.82 Å². The lowest BCUT2D eigenvalue weighted by molar-refractivity contribution is -0.122. The van der Waals surface area contributed by atoms with Crippen molar-refractivity contribution in [2.45, 2.75) is 6.54 Å². The van der Waals surface area contributed by atoms with Crippen LogP contribution in [0.25, 0.3) is 6.08 Å². The van der Waals surface area contributed by atoms with Gasteiger partial charge in [-0.2, -0.15) is 5.10 Å². The predicted molar refractivity (Wildman–Crippen MR) is 163 cm³/mol. The summed E-state index contributed by atoms with van der Waals surface area (Å²) in [6, 6.07) is 20.8. The zero-order valence-corrected chi connectivity index (χ0v) is 24.1. The average Bonchev–Trinajstić information content (AvgIpc) is 3.60. The molecule has 0 spiro atoms. The van der Waals surface area contributed by atoms with E-state index in [9.17, 15) is 19.1 Å². The number of phenolic OH excluding ortho intramolecular Hbond substituents is 1. The predicted octanol–water partition coefficient (Wildman–Crippen LogP) is 6.41. The van der Waals surface area contributed by atoms with Crippen LogP contribution in [0.15, 0.2) is 109 Å². The summed E-state index contributed by atoms with van der Waals surface area (Å²) in [5.41, 5.74) is 1.46. The van der Waals surface area contributed by atoms with E-state index in [0.717, 1.165) is 16.2 Å². The minimum absolute atomic E-state index is 0.0354. The molecule has 0 unspecified atom stereocenters. The molecule has 0 radical (unpaired) electrons. The van der Waals surface area contributed by atoms with Gasteiger partial charge in [-0.05, 0) is 78.5 Å². The fourth-order valence-corrected chi connectivity index (χ4v) is 5.10. The van der Waals surface area contributed by atoms with Gasteiger partial charge in [-0.15, -0.1) is 5.10 Å². The smallest absolute Gasteiger partial charge is 0.267 e. The molecule has 0 aliphatic carbocycles. The van der Waals surface area contributed by atoms with E-state index in [2.05, 4.69) is 31.4 Å². The first-order valence-corrected chi connectivity index (χ1v) is 14.1. The van der Waals surface area contributed by atoms with Gasteiger partial charge in [-0.1, -0.05) is 34.1 Å². The minimum Gasteiger partial charge on any atom is -0.507 e. The third kappa shape index (κ3) is 7.33. The molecule has 42 heavy (non-hydrogen) atoms. The van der Waals surface area contributed by atoms with Crippen molar-refractivity contribution in [3.8, 4) is 11.5 Å². The second-order valence-corrected chi connectivity index (χ2v) is 10.7. The summed E-state index contributed by atoms with van der Waals surface area (Å²) in [6.45, 7) is -0.165. The summed E-state index contributed by atoms with van der Waals surface area (Å²) in [7, 11) is 0. The summed E-state index contributed by atoms with van der Waals surface area (Å²) in [6.07, 6.45) is 4.57. The molecule has 1 saturated heterocycles. The fourth-order valence-electron chi connectivity index (χ4n) is 3.80. The van der Waals surface area contributed by atoms with Crippen molar-refractivity contribution >= 4 is 62.7 Å². The Balaban J connectivity index is 1.35. The number of carbonyl (C=O) groups is 2. The van der Waals surface area contributed by atoms with Crippen LogP contribution in [0.4, 0.5) is 10.1 Å². The number of halogens is 2. The first kappa shape index (κ1) is 28.8. The van der Waals surface area contributed by atoms with E-state index in [1.165, 1.54) is 47.7 Å². The zero-order chi connectivity index (χ0) is 29.5. The third-order valence-electron chi connectivity index (χ3n) is 5.80. The number of hydrogen-bond acceptors (Lipinski definition) is 8. The quantitative estimate of drug-likeness (QED) is 0.123. The standard InChI is InChI=1S/C30H22BrFN4O5S/c31-21-7-12-25(37)20(14-21)16-33-35-30-36(17-24-5-3-13-40-24)29(39)27(42-30)15-19-4-1-2-6-26(19)41-18-28(38)34-23-10-8-22(32)9-11-23/h1-16,37H,17-18H2,(H,34,38)/b27-15-,33-16-,35-30+. The van der Waals surface area contributed by atoms with E-state index in [1.54, 1.807) is 54.6 Å². The van der Waals surface area contributed by atoms with Crippen LogP contribution in [0.3, 0.4) is 0 Å². The van der Waals surface area contributed by atoms with Crippen LogP contribution < -0.4 is 10.1 Å². The molecule has 0 atom stereocenters. The number of ether oxygens (including phenoxy) is 1. The van der Waals surface area contributed by atoms with Gasteiger partial charge >= 0.3 is 0 Å². The number of para-hydroxylation sites is 1. The van der Waals surface area contributed by atoms with Gasteiger partial charge in [0.15, 0.2) is 11.8 Å². The normalized spacial score (nSPS) is 15.2. The van der Waals surface area contributed by atoms with Gasteiger partial charge in [0, 0.05) is 21.3 Å². The highest BCUT2D eigenvalue weighted by Gasteiger charge is 2.34. The maximum Gasteiger partial charge on any atom is 0.267 e. The first-order valence-electron chi connectivity index (χ1n) is 12.5. The van der Waals surface area contributed by atoms with Crippen LogP contribution in [0.2, 0.25) is 0 Å². The molecule has 3 aromatic carbocycles. The van der Waals surface area contributed by atoms with Gasteiger partial charge < -0.3 is 19.6 Å². The Morgan fingerprint density at radius 2 is 1.90 bits per heavy atom. The second kappa shape index (κ2) is 13.3. The monoisotopic (exact) mass is 648 g/mol. The molecule has 1 aromatic heterocycles. The van der Waals surface area contributed by atoms with Crippen LogP contribution in [-0.4, -0.2) is 39.8 Å². The van der Waals surface area contributed by atoms with Crippen molar-refractivity contribution in [2.24, 2.45) is 10.2 Å². The number of carbonyl (C=O) groups excluding carboxylic acids is 2. The first-order chi connectivity index (χ1) is 20.4. The van der Waals surface area contributed by atoms with E-state index in [-0.39, 0.29) is 24.8 Å². The van der Waals surface area contributed by atoms with E-state index in [4.69, 9.17) is 9.15 Å². The van der Waals surface area contributed by atoms with E-state index < -0.39 is 11.7 Å². The molecule has 2 N–H and O–H groups in total. The molecule has 9 nitrogen and oxygen atoms in total. The highest BCUT2D eigenvalue weighted by molar-refractivity contribution is 9.10. The van der Waals surface area contributed by atoms with Crippen molar-refractivity contribution in [3.63, 3.8) is 0 Å². The third-order valence-corrected chi connectivity index (χ3v) is 7.29. The molecule has 1 fully saturated rings. The summed E-state index contributed by atoms with van der Waals surface area (Å²) in [5.74, 6) is -0.172. The van der Waals surface area contributed by atoms with Crippen LogP contribution >= 0.6 is 27.7 Å². The lowest BCUT2D eigenvalue weighted by Gasteiger charge is -2.12. The summed E-state index contributed by atoms with van der Waals surface area (Å²) < 4.78 is 25.1. The molecule has 4 aromatic rings. The maximum absolute atomic E-state index is 13.5. The molecule has 2 amide bonds. The number of nitrogens with one attached hydrogen (secondary N) is 1. The number of hydrogen-bond donors (Lipinski definition) is 2. The minimum atomic E-state index is -0.427. The van der Waals surface area contributed by atoms with Crippen molar-refractivity contribution in [1.82, 2.24) is 4.90 Å². The van der Waals surface area contributed by atoms with Gasteiger partial charge in [-0.25, -0.2) is 4.39 Å². The maximum atomic E-state index is 13.5. The fraction of sp³-hybridized carbons (Fsp3) is 0.0667. The lowest BCUT2D eigenvalue weighted by Crippen LogP contribution is -2.28. The topological polar surface area (TPSA) is 117 Å². The van der Waals surface area contributed by atoms with Crippen LogP contribution in [0.1, 0.15) is 16.9 Å². The van der Waals surface area contributed by atoms with E-state index in [0.29, 0.717) is 38.4 Å². The van der Waals surface area contributed by atoms with Gasteiger partial charge in [0.05, 0.1) is 23.9 Å². The van der Waals surface area contributed by atoms with Crippen LogP contribution in [-0.2, 0) is 16.1 Å².